The van der Waals surface area contributed by atoms with Gasteiger partial charge in [-0.05, 0) is 12.1 Å². The van der Waals surface area contributed by atoms with Gasteiger partial charge >= 0.3 is 8.25 Å². The van der Waals surface area contributed by atoms with E-state index in [2.05, 4.69) is 4.52 Å². The first kappa shape index (κ1) is 8.11. The first-order chi connectivity index (χ1) is 5.18. The summed E-state index contributed by atoms with van der Waals surface area (Å²) in [5, 5.41) is 0. The maximum Gasteiger partial charge on any atom is 0.747 e. The van der Waals surface area contributed by atoms with Gasteiger partial charge in [0.2, 0.25) is 0 Å². The van der Waals surface area contributed by atoms with Crippen molar-refractivity contribution in [1.82, 2.24) is 0 Å². The fourth-order valence-electron chi connectivity index (χ4n) is 0.614. The Kier molecular flexibility index (Phi) is 2.52. The molecule has 5 heteroatoms. The Bertz CT molecular complexity index is 276. The molecule has 0 bridgehead atoms. The third kappa shape index (κ3) is 2.62. The molecule has 0 fully saturated rings. The third-order valence-electron chi connectivity index (χ3n) is 0.980. The smallest absolute Gasteiger partial charge is 0.229 e. The standard InChI is InChI=1S/C6H4FO3P/c7-5-2-1-3-6(4-5)10-11(8)9/h1-4H/p+1. The van der Waals surface area contributed by atoms with Crippen LogP contribution in [0, 0.1) is 5.82 Å². The zero-order valence-corrected chi connectivity index (χ0v) is 6.29. The first-order valence-corrected chi connectivity index (χ1v) is 3.91. The van der Waals surface area contributed by atoms with Gasteiger partial charge in [-0.3, -0.25) is 0 Å². The van der Waals surface area contributed by atoms with E-state index in [0.29, 0.717) is 0 Å². The molecule has 1 aromatic carbocycles. The van der Waals surface area contributed by atoms with Gasteiger partial charge in [-0.1, -0.05) is 6.07 Å². The van der Waals surface area contributed by atoms with E-state index in [1.54, 1.807) is 0 Å². The monoisotopic (exact) mass is 175 g/mol. The molecule has 1 aromatic rings. The molecule has 0 aromatic heterocycles. The molecule has 1 N–H and O–H groups in total. The Labute approximate surface area is 63.4 Å². The van der Waals surface area contributed by atoms with Gasteiger partial charge in [0.05, 0.1) is 0 Å². The minimum absolute atomic E-state index is 0.0496. The van der Waals surface area contributed by atoms with Crippen LogP contribution in [0.5, 0.6) is 5.75 Å². The van der Waals surface area contributed by atoms with E-state index < -0.39 is 14.1 Å². The lowest BCUT2D eigenvalue weighted by Crippen LogP contribution is -1.80. The fraction of sp³-hybridized carbons (Fsp3) is 0. The van der Waals surface area contributed by atoms with Crippen LogP contribution < -0.4 is 4.52 Å². The van der Waals surface area contributed by atoms with Crippen molar-refractivity contribution >= 4 is 8.25 Å². The van der Waals surface area contributed by atoms with Crippen LogP contribution in [0.4, 0.5) is 4.39 Å². The molecule has 0 amide bonds. The SMILES string of the molecule is O=[P+](O)Oc1cccc(F)c1. The highest BCUT2D eigenvalue weighted by atomic mass is 31.1. The summed E-state index contributed by atoms with van der Waals surface area (Å²) in [6, 6.07) is 5.04. The molecule has 11 heavy (non-hydrogen) atoms. The normalized spacial score (nSPS) is 10.9. The summed E-state index contributed by atoms with van der Waals surface area (Å²) in [5.41, 5.74) is 0. The summed E-state index contributed by atoms with van der Waals surface area (Å²) in [5.74, 6) is -0.451. The minimum Gasteiger partial charge on any atom is -0.229 e. The molecule has 0 heterocycles. The fourth-order valence-corrected chi connectivity index (χ4v) is 0.908. The molecular weight excluding hydrogens is 170 g/mol. The molecular formula is C6H5FO3P+. The van der Waals surface area contributed by atoms with Crippen LogP contribution in [0.2, 0.25) is 0 Å². The van der Waals surface area contributed by atoms with Crippen molar-refractivity contribution in [3.8, 4) is 5.75 Å². The Morgan fingerprint density at radius 1 is 1.55 bits per heavy atom. The molecule has 0 radical (unpaired) electrons. The molecule has 0 aliphatic carbocycles. The van der Waals surface area contributed by atoms with Crippen LogP contribution in [0.3, 0.4) is 0 Å². The maximum absolute atomic E-state index is 12.4. The Hall–Kier alpha value is -0.990. The second kappa shape index (κ2) is 3.42. The van der Waals surface area contributed by atoms with Crippen molar-refractivity contribution in [3.05, 3.63) is 30.1 Å². The van der Waals surface area contributed by atoms with E-state index in [9.17, 15) is 8.96 Å². The van der Waals surface area contributed by atoms with Crippen LogP contribution in [-0.4, -0.2) is 4.89 Å². The molecule has 0 saturated carbocycles. The largest absolute Gasteiger partial charge is 0.747 e. The van der Waals surface area contributed by atoms with Gasteiger partial charge in [-0.15, -0.1) is 4.89 Å². The second-order valence-corrected chi connectivity index (χ2v) is 2.44. The summed E-state index contributed by atoms with van der Waals surface area (Å²) in [4.78, 5) is 8.26. The van der Waals surface area contributed by atoms with E-state index >= 15 is 0 Å². The average molecular weight is 175 g/mol. The second-order valence-electron chi connectivity index (χ2n) is 1.79. The van der Waals surface area contributed by atoms with E-state index in [1.165, 1.54) is 18.2 Å². The van der Waals surface area contributed by atoms with Crippen molar-refractivity contribution in [1.29, 1.82) is 0 Å². The topological polar surface area (TPSA) is 46.5 Å². The highest BCUT2D eigenvalue weighted by Gasteiger charge is 2.13. The molecule has 3 nitrogen and oxygen atoms in total. The Morgan fingerprint density at radius 3 is 2.82 bits per heavy atom. The quantitative estimate of drug-likeness (QED) is 0.697. The molecule has 0 aliphatic rings. The van der Waals surface area contributed by atoms with Crippen LogP contribution in [0.1, 0.15) is 0 Å². The van der Waals surface area contributed by atoms with Crippen molar-refractivity contribution < 1.29 is 18.4 Å². The van der Waals surface area contributed by atoms with E-state index in [1.807, 2.05) is 0 Å². The minimum atomic E-state index is -2.71. The van der Waals surface area contributed by atoms with E-state index in [-0.39, 0.29) is 5.75 Å². The molecule has 1 atom stereocenters. The number of hydrogen-bond donors (Lipinski definition) is 1. The maximum atomic E-state index is 12.4. The lowest BCUT2D eigenvalue weighted by Gasteiger charge is -1.89. The Balaban J connectivity index is 2.79. The first-order valence-electron chi connectivity index (χ1n) is 2.78. The summed E-state index contributed by atoms with van der Waals surface area (Å²) in [6.45, 7) is 0. The van der Waals surface area contributed by atoms with Gasteiger partial charge in [0, 0.05) is 10.6 Å². The lowest BCUT2D eigenvalue weighted by molar-refractivity contribution is 0.409. The van der Waals surface area contributed by atoms with E-state index in [0.717, 1.165) is 6.07 Å². The van der Waals surface area contributed by atoms with Crippen LogP contribution in [-0.2, 0) is 4.57 Å². The molecule has 58 valence electrons. The van der Waals surface area contributed by atoms with Gasteiger partial charge < -0.3 is 0 Å². The summed E-state index contributed by atoms with van der Waals surface area (Å²) < 4.78 is 26.8. The van der Waals surface area contributed by atoms with Gasteiger partial charge in [0.15, 0.2) is 5.75 Å². The lowest BCUT2D eigenvalue weighted by atomic mass is 10.3. The number of rotatable bonds is 2. The zero-order valence-electron chi connectivity index (χ0n) is 5.40. The van der Waals surface area contributed by atoms with Crippen LogP contribution in [0.25, 0.3) is 0 Å². The van der Waals surface area contributed by atoms with Gasteiger partial charge in [-0.25, -0.2) is 8.91 Å². The van der Waals surface area contributed by atoms with Crippen LogP contribution in [0.15, 0.2) is 24.3 Å². The average Bonchev–Trinajstić information content (AvgIpc) is 1.85. The number of halogens is 1. The van der Waals surface area contributed by atoms with Crippen molar-refractivity contribution in [2.45, 2.75) is 0 Å². The third-order valence-corrected chi connectivity index (χ3v) is 1.35. The Morgan fingerprint density at radius 2 is 2.27 bits per heavy atom. The van der Waals surface area contributed by atoms with E-state index in [4.69, 9.17) is 4.89 Å². The van der Waals surface area contributed by atoms with Gasteiger partial charge in [0.1, 0.15) is 5.82 Å². The number of hydrogen-bond acceptors (Lipinski definition) is 2. The predicted octanol–water partition coefficient (Wildman–Crippen LogP) is 1.85. The molecule has 1 unspecified atom stereocenters. The van der Waals surface area contributed by atoms with Gasteiger partial charge in [0.25, 0.3) is 0 Å². The molecule has 0 aliphatic heterocycles. The summed E-state index contributed by atoms with van der Waals surface area (Å²) in [7, 11) is -2.71. The van der Waals surface area contributed by atoms with Gasteiger partial charge in [-0.2, -0.15) is 0 Å². The molecule has 0 saturated heterocycles. The molecule has 1 rings (SSSR count). The van der Waals surface area contributed by atoms with Crippen LogP contribution >= 0.6 is 8.25 Å². The zero-order chi connectivity index (χ0) is 8.27. The van der Waals surface area contributed by atoms with Crippen molar-refractivity contribution in [2.24, 2.45) is 0 Å². The van der Waals surface area contributed by atoms with Crippen molar-refractivity contribution in [3.63, 3.8) is 0 Å². The predicted molar refractivity (Wildman–Crippen MR) is 36.9 cm³/mol. The highest BCUT2D eigenvalue weighted by molar-refractivity contribution is 7.32. The van der Waals surface area contributed by atoms with Crippen molar-refractivity contribution in [2.75, 3.05) is 0 Å². The highest BCUT2D eigenvalue weighted by Crippen LogP contribution is 2.22. The summed E-state index contributed by atoms with van der Waals surface area (Å²) >= 11 is 0. The molecule has 0 spiro atoms. The summed E-state index contributed by atoms with van der Waals surface area (Å²) in [6.07, 6.45) is 0. The number of benzene rings is 1.